The van der Waals surface area contributed by atoms with Gasteiger partial charge in [-0.3, -0.25) is 9.59 Å². The maximum atomic E-state index is 12.2. The predicted molar refractivity (Wildman–Crippen MR) is 105 cm³/mol. The molecule has 146 valence electrons. The van der Waals surface area contributed by atoms with Gasteiger partial charge < -0.3 is 20.1 Å². The van der Waals surface area contributed by atoms with E-state index in [9.17, 15) is 9.59 Å². The standard InChI is InChI=1S/C19H25N3O4S/c1-5-8-20-18(24)12(2)21-17(23)10-14-11-27-19(22-14)13-6-7-15(25-3)16(9-13)26-4/h6-7,9,11-12H,5,8,10H2,1-4H3,(H,20,24)(H,21,23). The number of rotatable bonds is 9. The molecule has 0 saturated carbocycles. The average Bonchev–Trinajstić information content (AvgIpc) is 3.13. The van der Waals surface area contributed by atoms with Crippen molar-refractivity contribution < 1.29 is 19.1 Å². The summed E-state index contributed by atoms with van der Waals surface area (Å²) in [6, 6.07) is 4.98. The SMILES string of the molecule is CCCNC(=O)C(C)NC(=O)Cc1csc(-c2ccc(OC)c(OC)c2)n1. The Morgan fingerprint density at radius 3 is 2.63 bits per heavy atom. The molecule has 1 atom stereocenters. The number of carbonyl (C=O) groups is 2. The van der Waals surface area contributed by atoms with Gasteiger partial charge in [0.05, 0.1) is 26.3 Å². The fourth-order valence-corrected chi connectivity index (χ4v) is 3.23. The molecule has 2 amide bonds. The Morgan fingerprint density at radius 1 is 1.22 bits per heavy atom. The van der Waals surface area contributed by atoms with Crippen LogP contribution in [0.2, 0.25) is 0 Å². The zero-order valence-corrected chi connectivity index (χ0v) is 16.8. The molecule has 0 spiro atoms. The lowest BCUT2D eigenvalue weighted by atomic mass is 10.2. The largest absolute Gasteiger partial charge is 0.493 e. The van der Waals surface area contributed by atoms with Gasteiger partial charge in [0.1, 0.15) is 11.0 Å². The lowest BCUT2D eigenvalue weighted by Crippen LogP contribution is -2.45. The monoisotopic (exact) mass is 391 g/mol. The van der Waals surface area contributed by atoms with E-state index in [4.69, 9.17) is 9.47 Å². The quantitative estimate of drug-likeness (QED) is 0.685. The molecule has 1 heterocycles. The molecule has 0 aliphatic carbocycles. The highest BCUT2D eigenvalue weighted by atomic mass is 32.1. The van der Waals surface area contributed by atoms with Gasteiger partial charge in [0.2, 0.25) is 11.8 Å². The number of amides is 2. The van der Waals surface area contributed by atoms with Crippen LogP contribution < -0.4 is 20.1 Å². The van der Waals surface area contributed by atoms with E-state index in [1.54, 1.807) is 21.1 Å². The molecule has 0 aliphatic heterocycles. The van der Waals surface area contributed by atoms with Crippen molar-refractivity contribution in [2.24, 2.45) is 0 Å². The fraction of sp³-hybridized carbons (Fsp3) is 0.421. The minimum Gasteiger partial charge on any atom is -0.493 e. The van der Waals surface area contributed by atoms with Crippen molar-refractivity contribution in [1.29, 1.82) is 0 Å². The second-order valence-corrected chi connectivity index (χ2v) is 6.83. The number of hydrogen-bond acceptors (Lipinski definition) is 6. The molecule has 0 radical (unpaired) electrons. The average molecular weight is 391 g/mol. The van der Waals surface area contributed by atoms with Crippen LogP contribution >= 0.6 is 11.3 Å². The minimum absolute atomic E-state index is 0.120. The first-order valence-corrected chi connectivity index (χ1v) is 9.60. The summed E-state index contributed by atoms with van der Waals surface area (Å²) in [5.74, 6) is 0.844. The lowest BCUT2D eigenvalue weighted by Gasteiger charge is -2.13. The normalized spacial score (nSPS) is 11.6. The van der Waals surface area contributed by atoms with Gasteiger partial charge in [-0.2, -0.15) is 0 Å². The Morgan fingerprint density at radius 2 is 1.96 bits per heavy atom. The summed E-state index contributed by atoms with van der Waals surface area (Å²) in [7, 11) is 3.16. The van der Waals surface area contributed by atoms with Crippen molar-refractivity contribution in [3.63, 3.8) is 0 Å². The molecule has 0 aliphatic rings. The van der Waals surface area contributed by atoms with Crippen LogP contribution in [-0.2, 0) is 16.0 Å². The zero-order valence-electron chi connectivity index (χ0n) is 16.0. The first-order valence-electron chi connectivity index (χ1n) is 8.72. The zero-order chi connectivity index (χ0) is 19.8. The van der Waals surface area contributed by atoms with Crippen molar-refractivity contribution in [3.05, 3.63) is 29.3 Å². The summed E-state index contributed by atoms with van der Waals surface area (Å²) >= 11 is 1.45. The molecule has 1 aromatic heterocycles. The fourth-order valence-electron chi connectivity index (χ4n) is 2.41. The number of nitrogens with zero attached hydrogens (tertiary/aromatic N) is 1. The van der Waals surface area contributed by atoms with Crippen LogP contribution in [0.3, 0.4) is 0 Å². The summed E-state index contributed by atoms with van der Waals surface area (Å²) in [5.41, 5.74) is 1.54. The third-order valence-corrected chi connectivity index (χ3v) is 4.78. The summed E-state index contributed by atoms with van der Waals surface area (Å²) in [5, 5.41) is 8.08. The van der Waals surface area contributed by atoms with E-state index in [2.05, 4.69) is 15.6 Å². The molecule has 8 heteroatoms. The molecule has 27 heavy (non-hydrogen) atoms. The van der Waals surface area contributed by atoms with Gasteiger partial charge in [-0.25, -0.2) is 4.98 Å². The first-order chi connectivity index (χ1) is 13.0. The third kappa shape index (κ3) is 5.68. The van der Waals surface area contributed by atoms with Crippen molar-refractivity contribution in [2.45, 2.75) is 32.7 Å². The van der Waals surface area contributed by atoms with E-state index in [0.29, 0.717) is 23.7 Å². The topological polar surface area (TPSA) is 89.6 Å². The smallest absolute Gasteiger partial charge is 0.242 e. The molecule has 2 N–H and O–H groups in total. The van der Waals surface area contributed by atoms with Gasteiger partial charge in [-0.15, -0.1) is 11.3 Å². The number of methoxy groups -OCH3 is 2. The number of carbonyl (C=O) groups excluding carboxylic acids is 2. The van der Waals surface area contributed by atoms with Crippen LogP contribution in [0.25, 0.3) is 10.6 Å². The van der Waals surface area contributed by atoms with E-state index in [-0.39, 0.29) is 18.2 Å². The van der Waals surface area contributed by atoms with Crippen LogP contribution in [0, 0.1) is 0 Å². The number of benzene rings is 1. The van der Waals surface area contributed by atoms with Crippen LogP contribution in [0.1, 0.15) is 26.0 Å². The summed E-state index contributed by atoms with van der Waals surface area (Å²) in [6.45, 7) is 4.24. The van der Waals surface area contributed by atoms with E-state index in [0.717, 1.165) is 17.0 Å². The molecule has 0 fully saturated rings. The maximum Gasteiger partial charge on any atom is 0.242 e. The lowest BCUT2D eigenvalue weighted by molar-refractivity contribution is -0.128. The Kier molecular flexibility index (Phi) is 7.60. The first kappa shape index (κ1) is 20.7. The second kappa shape index (κ2) is 9.91. The molecule has 2 rings (SSSR count). The van der Waals surface area contributed by atoms with Crippen molar-refractivity contribution in [3.8, 4) is 22.1 Å². The van der Waals surface area contributed by atoms with Gasteiger partial charge in [-0.1, -0.05) is 6.92 Å². The highest BCUT2D eigenvalue weighted by molar-refractivity contribution is 7.13. The number of hydrogen-bond donors (Lipinski definition) is 2. The molecule has 2 aromatic rings. The summed E-state index contributed by atoms with van der Waals surface area (Å²) in [4.78, 5) is 28.5. The van der Waals surface area contributed by atoms with Gasteiger partial charge >= 0.3 is 0 Å². The third-order valence-electron chi connectivity index (χ3n) is 3.84. The molecular formula is C19H25N3O4S. The number of ether oxygens (including phenoxy) is 2. The van der Waals surface area contributed by atoms with E-state index in [1.807, 2.05) is 30.5 Å². The summed E-state index contributed by atoms with van der Waals surface area (Å²) < 4.78 is 10.6. The summed E-state index contributed by atoms with van der Waals surface area (Å²) in [6.07, 6.45) is 0.972. The Balaban J connectivity index is 1.99. The van der Waals surface area contributed by atoms with Crippen LogP contribution in [0.5, 0.6) is 11.5 Å². The Bertz CT molecular complexity index is 791. The van der Waals surface area contributed by atoms with Crippen molar-refractivity contribution in [1.82, 2.24) is 15.6 Å². The Hall–Kier alpha value is -2.61. The maximum absolute atomic E-state index is 12.2. The van der Waals surface area contributed by atoms with E-state index in [1.165, 1.54) is 11.3 Å². The number of nitrogens with one attached hydrogen (secondary N) is 2. The number of thiazole rings is 1. The van der Waals surface area contributed by atoms with E-state index < -0.39 is 6.04 Å². The van der Waals surface area contributed by atoms with Gasteiger partial charge in [0.25, 0.3) is 0 Å². The van der Waals surface area contributed by atoms with Crippen LogP contribution in [-0.4, -0.2) is 43.6 Å². The van der Waals surface area contributed by atoms with Crippen LogP contribution in [0.15, 0.2) is 23.6 Å². The van der Waals surface area contributed by atoms with Gasteiger partial charge in [-0.05, 0) is 31.5 Å². The van der Waals surface area contributed by atoms with Crippen LogP contribution in [0.4, 0.5) is 0 Å². The highest BCUT2D eigenvalue weighted by Crippen LogP contribution is 2.33. The molecule has 1 aromatic carbocycles. The van der Waals surface area contributed by atoms with Gasteiger partial charge in [0, 0.05) is 17.5 Å². The predicted octanol–water partition coefficient (Wildman–Crippen LogP) is 2.40. The number of aromatic nitrogens is 1. The molecule has 0 bridgehead atoms. The molecule has 0 saturated heterocycles. The second-order valence-electron chi connectivity index (χ2n) is 5.97. The minimum atomic E-state index is -0.576. The molecule has 1 unspecified atom stereocenters. The highest BCUT2D eigenvalue weighted by Gasteiger charge is 2.16. The Labute approximate surface area is 163 Å². The molecular weight excluding hydrogens is 366 g/mol. The van der Waals surface area contributed by atoms with Gasteiger partial charge in [0.15, 0.2) is 11.5 Å². The van der Waals surface area contributed by atoms with Crippen molar-refractivity contribution >= 4 is 23.2 Å². The van der Waals surface area contributed by atoms with Crippen molar-refractivity contribution in [2.75, 3.05) is 20.8 Å². The van der Waals surface area contributed by atoms with E-state index >= 15 is 0 Å². The molecule has 7 nitrogen and oxygen atoms in total.